The minimum Gasteiger partial charge on any atom is -0.492 e. The van der Waals surface area contributed by atoms with Crippen LogP contribution in [0.5, 0.6) is 5.75 Å². The van der Waals surface area contributed by atoms with Crippen LogP contribution < -0.4 is 4.74 Å². The first-order valence-electron chi connectivity index (χ1n) is 4.32. The van der Waals surface area contributed by atoms with Gasteiger partial charge in [0.15, 0.2) is 0 Å². The van der Waals surface area contributed by atoms with E-state index in [1.165, 1.54) is 6.07 Å². The maximum atomic E-state index is 11.2. The molecule has 0 fully saturated rings. The van der Waals surface area contributed by atoms with E-state index in [9.17, 15) is 8.42 Å². The van der Waals surface area contributed by atoms with E-state index in [1.54, 1.807) is 12.1 Å². The summed E-state index contributed by atoms with van der Waals surface area (Å²) in [6.45, 7) is 2.40. The van der Waals surface area contributed by atoms with Gasteiger partial charge in [0, 0.05) is 15.2 Å². The molecule has 0 saturated heterocycles. The molecule has 0 aromatic heterocycles. The molecular weight excluding hydrogens is 304 g/mol. The fourth-order valence-electron chi connectivity index (χ4n) is 1.00. The van der Waals surface area contributed by atoms with Crippen LogP contribution in [0.1, 0.15) is 13.3 Å². The van der Waals surface area contributed by atoms with Gasteiger partial charge in [-0.05, 0) is 24.6 Å². The van der Waals surface area contributed by atoms with Crippen LogP contribution >= 0.6 is 26.6 Å². The van der Waals surface area contributed by atoms with Crippen molar-refractivity contribution in [3.63, 3.8) is 0 Å². The second-order valence-corrected chi connectivity index (χ2v) is 6.33. The molecule has 0 atom stereocenters. The molecule has 0 saturated carbocycles. The van der Waals surface area contributed by atoms with Crippen molar-refractivity contribution in [1.29, 1.82) is 0 Å². The Hall–Kier alpha value is -0.260. The standard InChI is InChI=1S/C9H10BrClO3S/c1-2-5-14-8-4-3-7(10)6-9(8)15(11,12)13/h3-4,6H,2,5H2,1H3. The van der Waals surface area contributed by atoms with Crippen molar-refractivity contribution in [1.82, 2.24) is 0 Å². The number of rotatable bonds is 4. The molecule has 0 amide bonds. The zero-order valence-corrected chi connectivity index (χ0v) is 11.2. The van der Waals surface area contributed by atoms with Crippen molar-refractivity contribution in [2.45, 2.75) is 18.2 Å². The number of halogens is 2. The minimum atomic E-state index is -3.77. The second-order valence-electron chi connectivity index (χ2n) is 2.88. The average Bonchev–Trinajstić information content (AvgIpc) is 2.14. The van der Waals surface area contributed by atoms with E-state index in [0.29, 0.717) is 11.1 Å². The van der Waals surface area contributed by atoms with Crippen LogP contribution in [-0.2, 0) is 9.05 Å². The Morgan fingerprint density at radius 1 is 1.47 bits per heavy atom. The topological polar surface area (TPSA) is 43.4 Å². The number of hydrogen-bond donors (Lipinski definition) is 0. The highest BCUT2D eigenvalue weighted by Crippen LogP contribution is 2.29. The fraction of sp³-hybridized carbons (Fsp3) is 0.333. The van der Waals surface area contributed by atoms with Gasteiger partial charge >= 0.3 is 0 Å². The first-order valence-corrected chi connectivity index (χ1v) is 7.42. The van der Waals surface area contributed by atoms with Gasteiger partial charge in [-0.25, -0.2) is 8.42 Å². The van der Waals surface area contributed by atoms with Gasteiger partial charge in [-0.3, -0.25) is 0 Å². The molecule has 0 aliphatic rings. The summed E-state index contributed by atoms with van der Waals surface area (Å²) in [5, 5.41) is 0. The molecule has 3 nitrogen and oxygen atoms in total. The summed E-state index contributed by atoms with van der Waals surface area (Å²) in [5.74, 6) is 0.287. The second kappa shape index (κ2) is 5.18. The Kier molecular flexibility index (Phi) is 4.43. The van der Waals surface area contributed by atoms with Crippen LogP contribution in [-0.4, -0.2) is 15.0 Å². The van der Waals surface area contributed by atoms with Gasteiger partial charge in [0.25, 0.3) is 9.05 Å². The molecule has 0 spiro atoms. The third-order valence-corrected chi connectivity index (χ3v) is 3.47. The SMILES string of the molecule is CCCOc1ccc(Br)cc1S(=O)(=O)Cl. The molecule has 0 radical (unpaired) electrons. The maximum Gasteiger partial charge on any atom is 0.265 e. The predicted molar refractivity (Wildman–Crippen MR) is 63.0 cm³/mol. The van der Waals surface area contributed by atoms with Crippen LogP contribution in [0.2, 0.25) is 0 Å². The molecule has 0 unspecified atom stereocenters. The summed E-state index contributed by atoms with van der Waals surface area (Å²) in [6, 6.07) is 4.71. The smallest absolute Gasteiger partial charge is 0.265 e. The summed E-state index contributed by atoms with van der Waals surface area (Å²) in [5.41, 5.74) is 0. The van der Waals surface area contributed by atoms with Gasteiger partial charge in [-0.15, -0.1) is 0 Å². The van der Waals surface area contributed by atoms with Crippen LogP contribution in [0, 0.1) is 0 Å². The number of benzene rings is 1. The third-order valence-electron chi connectivity index (χ3n) is 1.63. The summed E-state index contributed by atoms with van der Waals surface area (Å²) >= 11 is 3.18. The molecule has 1 aromatic rings. The molecule has 1 rings (SSSR count). The van der Waals surface area contributed by atoms with Crippen LogP contribution in [0.15, 0.2) is 27.6 Å². The molecule has 0 N–H and O–H groups in total. The third kappa shape index (κ3) is 3.66. The van der Waals surface area contributed by atoms with E-state index in [-0.39, 0.29) is 10.6 Å². The van der Waals surface area contributed by atoms with Crippen molar-refractivity contribution < 1.29 is 13.2 Å². The first kappa shape index (κ1) is 12.8. The van der Waals surface area contributed by atoms with Crippen LogP contribution in [0.3, 0.4) is 0 Å². The summed E-state index contributed by atoms with van der Waals surface area (Å²) in [4.78, 5) is -0.00742. The van der Waals surface area contributed by atoms with E-state index in [1.807, 2.05) is 6.92 Å². The molecule has 6 heteroatoms. The fourth-order valence-corrected chi connectivity index (χ4v) is 2.51. The van der Waals surface area contributed by atoms with E-state index in [0.717, 1.165) is 6.42 Å². The predicted octanol–water partition coefficient (Wildman–Crippen LogP) is 3.17. The lowest BCUT2D eigenvalue weighted by Crippen LogP contribution is -2.01. The Morgan fingerprint density at radius 3 is 2.67 bits per heavy atom. The normalized spacial score (nSPS) is 11.4. The van der Waals surface area contributed by atoms with Gasteiger partial charge in [-0.1, -0.05) is 22.9 Å². The van der Waals surface area contributed by atoms with Crippen molar-refractivity contribution in [2.24, 2.45) is 0 Å². The maximum absolute atomic E-state index is 11.2. The minimum absolute atomic E-state index is 0.00742. The van der Waals surface area contributed by atoms with Crippen LogP contribution in [0.4, 0.5) is 0 Å². The van der Waals surface area contributed by atoms with E-state index in [4.69, 9.17) is 15.4 Å². The molecule has 15 heavy (non-hydrogen) atoms. The molecule has 0 heterocycles. The highest BCUT2D eigenvalue weighted by molar-refractivity contribution is 9.10. The Bertz CT molecular complexity index is 445. The zero-order valence-electron chi connectivity index (χ0n) is 8.04. The van der Waals surface area contributed by atoms with Gasteiger partial charge in [0.1, 0.15) is 10.6 Å². The molecule has 84 valence electrons. The highest BCUT2D eigenvalue weighted by atomic mass is 79.9. The van der Waals surface area contributed by atoms with Crippen molar-refractivity contribution in [2.75, 3.05) is 6.61 Å². The quantitative estimate of drug-likeness (QED) is 0.802. The van der Waals surface area contributed by atoms with Crippen molar-refractivity contribution >= 4 is 35.7 Å². The summed E-state index contributed by atoms with van der Waals surface area (Å²) < 4.78 is 28.4. The van der Waals surface area contributed by atoms with Gasteiger partial charge in [0.2, 0.25) is 0 Å². The van der Waals surface area contributed by atoms with E-state index < -0.39 is 9.05 Å². The summed E-state index contributed by atoms with van der Waals surface area (Å²) in [6.07, 6.45) is 0.803. The highest BCUT2D eigenvalue weighted by Gasteiger charge is 2.17. The Labute approximate surface area is 102 Å². The molecule has 0 bridgehead atoms. The average molecular weight is 314 g/mol. The van der Waals surface area contributed by atoms with E-state index in [2.05, 4.69) is 15.9 Å². The van der Waals surface area contributed by atoms with Gasteiger partial charge < -0.3 is 4.74 Å². The zero-order chi connectivity index (χ0) is 11.5. The number of ether oxygens (including phenoxy) is 1. The first-order chi connectivity index (χ1) is 6.95. The van der Waals surface area contributed by atoms with Gasteiger partial charge in [0.05, 0.1) is 6.61 Å². The van der Waals surface area contributed by atoms with E-state index >= 15 is 0 Å². The lowest BCUT2D eigenvalue weighted by atomic mass is 10.3. The lowest BCUT2D eigenvalue weighted by Gasteiger charge is -2.08. The Morgan fingerprint density at radius 2 is 2.13 bits per heavy atom. The molecular formula is C9H10BrClO3S. The van der Waals surface area contributed by atoms with Crippen molar-refractivity contribution in [3.05, 3.63) is 22.7 Å². The Balaban J connectivity index is 3.15. The van der Waals surface area contributed by atoms with Crippen LogP contribution in [0.25, 0.3) is 0 Å². The lowest BCUT2D eigenvalue weighted by molar-refractivity contribution is 0.309. The number of hydrogen-bond acceptors (Lipinski definition) is 3. The monoisotopic (exact) mass is 312 g/mol. The molecule has 1 aromatic carbocycles. The van der Waals surface area contributed by atoms with Crippen molar-refractivity contribution in [3.8, 4) is 5.75 Å². The largest absolute Gasteiger partial charge is 0.492 e. The van der Waals surface area contributed by atoms with Gasteiger partial charge in [-0.2, -0.15) is 0 Å². The molecule has 0 aliphatic heterocycles. The summed E-state index contributed by atoms with van der Waals surface area (Å²) in [7, 11) is 1.52. The molecule has 0 aliphatic carbocycles.